The number of benzene rings is 2. The van der Waals surface area contributed by atoms with E-state index in [-0.39, 0.29) is 29.3 Å². The first kappa shape index (κ1) is 19.2. The summed E-state index contributed by atoms with van der Waals surface area (Å²) < 4.78 is 47.0. The molecule has 1 amide bonds. The predicted molar refractivity (Wildman–Crippen MR) is 106 cm³/mol. The molecule has 0 unspecified atom stereocenters. The van der Waals surface area contributed by atoms with Crippen molar-refractivity contribution >= 4 is 16.8 Å². The molecule has 1 aromatic heterocycles. The van der Waals surface area contributed by atoms with Crippen LogP contribution in [0.2, 0.25) is 0 Å². The van der Waals surface area contributed by atoms with Crippen LogP contribution >= 0.6 is 0 Å². The summed E-state index contributed by atoms with van der Waals surface area (Å²) in [6.45, 7) is 1.19. The number of rotatable bonds is 5. The van der Waals surface area contributed by atoms with Gasteiger partial charge in [0.25, 0.3) is 0 Å². The monoisotopic (exact) mass is 414 g/mol. The molecule has 1 saturated heterocycles. The molecule has 2 fully saturated rings. The molecule has 1 atom stereocenters. The number of fused-ring (bicyclic) bond motifs is 1. The Morgan fingerprint density at radius 3 is 2.50 bits per heavy atom. The van der Waals surface area contributed by atoms with Gasteiger partial charge in [0.05, 0.1) is 17.8 Å². The van der Waals surface area contributed by atoms with Gasteiger partial charge in [0.15, 0.2) is 0 Å². The van der Waals surface area contributed by atoms with Crippen molar-refractivity contribution in [1.82, 2.24) is 10.3 Å². The molecule has 0 spiro atoms. The number of H-pyrrole nitrogens is 1. The minimum absolute atomic E-state index is 0.0760. The Labute approximate surface area is 171 Å². The molecule has 3 aromatic rings. The molecule has 1 aliphatic heterocycles. The lowest BCUT2D eigenvalue weighted by atomic mass is 9.70. The number of nitrogens with one attached hydrogen (secondary N) is 2. The highest BCUT2D eigenvalue weighted by atomic mass is 19.1. The molecular weight excluding hydrogens is 393 g/mol. The SMILES string of the molecule is O=C(NC[C@H]1C[C@H](c2c(-c3ccc(F)cc3)[nH]c3c(F)cc(F)cc32)C1)[C@@H]1CCO1. The summed E-state index contributed by atoms with van der Waals surface area (Å²) in [4.78, 5) is 15.0. The lowest BCUT2D eigenvalue weighted by Crippen LogP contribution is -2.45. The summed E-state index contributed by atoms with van der Waals surface area (Å²) in [6, 6.07) is 8.17. The number of hydrogen-bond acceptors (Lipinski definition) is 2. The van der Waals surface area contributed by atoms with E-state index in [9.17, 15) is 18.0 Å². The first-order valence-electron chi connectivity index (χ1n) is 10.2. The molecule has 1 saturated carbocycles. The maximum Gasteiger partial charge on any atom is 0.249 e. The molecule has 5 rings (SSSR count). The van der Waals surface area contributed by atoms with E-state index in [1.807, 2.05) is 0 Å². The summed E-state index contributed by atoms with van der Waals surface area (Å²) in [5.41, 5.74) is 2.51. The fourth-order valence-electron chi connectivity index (χ4n) is 4.45. The van der Waals surface area contributed by atoms with Gasteiger partial charge in [-0.1, -0.05) is 0 Å². The van der Waals surface area contributed by atoms with E-state index in [1.54, 1.807) is 12.1 Å². The van der Waals surface area contributed by atoms with Crippen molar-refractivity contribution in [1.29, 1.82) is 0 Å². The zero-order valence-corrected chi connectivity index (χ0v) is 16.2. The molecule has 0 radical (unpaired) electrons. The maximum absolute atomic E-state index is 14.4. The van der Waals surface area contributed by atoms with Crippen molar-refractivity contribution in [2.24, 2.45) is 5.92 Å². The van der Waals surface area contributed by atoms with Crippen LogP contribution < -0.4 is 5.32 Å². The summed E-state index contributed by atoms with van der Waals surface area (Å²) >= 11 is 0. The summed E-state index contributed by atoms with van der Waals surface area (Å²) in [5, 5.41) is 3.44. The van der Waals surface area contributed by atoms with E-state index in [0.29, 0.717) is 30.1 Å². The number of hydrogen-bond donors (Lipinski definition) is 2. The molecule has 30 heavy (non-hydrogen) atoms. The average Bonchev–Trinajstić information content (AvgIpc) is 2.99. The molecule has 1 aliphatic carbocycles. The van der Waals surface area contributed by atoms with Gasteiger partial charge in [-0.2, -0.15) is 0 Å². The number of carbonyl (C=O) groups excluding carboxylic acids is 1. The summed E-state index contributed by atoms with van der Waals surface area (Å²) in [7, 11) is 0. The second kappa shape index (κ2) is 7.47. The Bertz CT molecular complexity index is 1100. The number of aromatic nitrogens is 1. The highest BCUT2D eigenvalue weighted by Crippen LogP contribution is 2.48. The molecule has 2 aromatic carbocycles. The van der Waals surface area contributed by atoms with Gasteiger partial charge in [0.1, 0.15) is 23.6 Å². The van der Waals surface area contributed by atoms with Crippen molar-refractivity contribution in [2.75, 3.05) is 13.2 Å². The van der Waals surface area contributed by atoms with Crippen molar-refractivity contribution in [3.8, 4) is 11.3 Å². The van der Waals surface area contributed by atoms with E-state index in [2.05, 4.69) is 10.3 Å². The van der Waals surface area contributed by atoms with Crippen LogP contribution in [0.3, 0.4) is 0 Å². The van der Waals surface area contributed by atoms with Crippen molar-refractivity contribution in [3.63, 3.8) is 0 Å². The van der Waals surface area contributed by atoms with Gasteiger partial charge in [0, 0.05) is 24.4 Å². The average molecular weight is 414 g/mol. The van der Waals surface area contributed by atoms with Crippen molar-refractivity contribution < 1.29 is 22.7 Å². The van der Waals surface area contributed by atoms with Crippen LogP contribution in [-0.2, 0) is 9.53 Å². The topological polar surface area (TPSA) is 54.1 Å². The van der Waals surface area contributed by atoms with Gasteiger partial charge < -0.3 is 15.0 Å². The predicted octanol–water partition coefficient (Wildman–Crippen LogP) is 4.65. The van der Waals surface area contributed by atoms with Crippen molar-refractivity contribution in [3.05, 3.63) is 59.4 Å². The van der Waals surface area contributed by atoms with E-state index in [1.165, 1.54) is 18.2 Å². The highest BCUT2D eigenvalue weighted by molar-refractivity contribution is 5.92. The van der Waals surface area contributed by atoms with Gasteiger partial charge in [-0.25, -0.2) is 13.2 Å². The fourth-order valence-corrected chi connectivity index (χ4v) is 4.45. The molecule has 156 valence electrons. The lowest BCUT2D eigenvalue weighted by molar-refractivity contribution is -0.145. The Balaban J connectivity index is 1.41. The second-order valence-electron chi connectivity index (χ2n) is 8.16. The number of carbonyl (C=O) groups is 1. The fraction of sp³-hybridized carbons (Fsp3) is 0.348. The number of ether oxygens (including phenoxy) is 1. The molecule has 4 nitrogen and oxygen atoms in total. The van der Waals surface area contributed by atoms with E-state index >= 15 is 0 Å². The van der Waals surface area contributed by atoms with Crippen LogP contribution in [0.1, 0.15) is 30.7 Å². The smallest absolute Gasteiger partial charge is 0.249 e. The van der Waals surface area contributed by atoms with Gasteiger partial charge in [-0.15, -0.1) is 0 Å². The number of halogens is 3. The van der Waals surface area contributed by atoms with Crippen LogP contribution in [0.15, 0.2) is 36.4 Å². The third-order valence-corrected chi connectivity index (χ3v) is 6.20. The zero-order valence-electron chi connectivity index (χ0n) is 16.2. The Morgan fingerprint density at radius 1 is 1.10 bits per heavy atom. The van der Waals surface area contributed by atoms with Gasteiger partial charge in [-0.3, -0.25) is 4.79 Å². The third-order valence-electron chi connectivity index (χ3n) is 6.20. The third kappa shape index (κ3) is 3.37. The minimum atomic E-state index is -0.650. The first-order chi connectivity index (χ1) is 14.5. The lowest BCUT2D eigenvalue weighted by Gasteiger charge is -2.37. The zero-order chi connectivity index (χ0) is 20.8. The van der Waals surface area contributed by atoms with E-state index in [0.717, 1.165) is 36.5 Å². The normalized spacial score (nSPS) is 23.1. The first-order valence-corrected chi connectivity index (χ1v) is 10.2. The highest BCUT2D eigenvalue weighted by Gasteiger charge is 2.35. The summed E-state index contributed by atoms with van der Waals surface area (Å²) in [5.74, 6) is -1.32. The van der Waals surface area contributed by atoms with Crippen LogP contribution in [0.25, 0.3) is 22.2 Å². The second-order valence-corrected chi connectivity index (χ2v) is 8.16. The van der Waals surface area contributed by atoms with E-state index in [4.69, 9.17) is 4.74 Å². The Hall–Kier alpha value is -2.80. The number of amides is 1. The molecule has 2 N–H and O–H groups in total. The Kier molecular flexibility index (Phi) is 4.77. The number of aromatic amines is 1. The van der Waals surface area contributed by atoms with Gasteiger partial charge >= 0.3 is 0 Å². The van der Waals surface area contributed by atoms with Crippen LogP contribution in [0.4, 0.5) is 13.2 Å². The van der Waals surface area contributed by atoms with Gasteiger partial charge in [-0.05, 0) is 66.1 Å². The van der Waals surface area contributed by atoms with Crippen LogP contribution in [-0.4, -0.2) is 30.1 Å². The molecular formula is C23H21F3N2O2. The molecule has 0 bridgehead atoms. The maximum atomic E-state index is 14.4. The van der Waals surface area contributed by atoms with E-state index < -0.39 is 11.6 Å². The molecule has 7 heteroatoms. The van der Waals surface area contributed by atoms with Crippen LogP contribution in [0.5, 0.6) is 0 Å². The Morgan fingerprint density at radius 2 is 1.83 bits per heavy atom. The van der Waals surface area contributed by atoms with Crippen LogP contribution in [0, 0.1) is 23.4 Å². The van der Waals surface area contributed by atoms with Crippen molar-refractivity contribution in [2.45, 2.75) is 31.3 Å². The standard InChI is InChI=1S/C23H21F3N2O2/c24-15-3-1-13(2-4-15)21-20(17-9-16(25)10-18(26)22(17)28-21)14-7-12(8-14)11-27-23(29)19-5-6-30-19/h1-4,9-10,12,14,19,28H,5-8,11H2,(H,27,29)/t12-,14-,19-/m0/s1. The molecule has 2 aliphatic rings. The largest absolute Gasteiger partial charge is 0.368 e. The summed E-state index contributed by atoms with van der Waals surface area (Å²) in [6.07, 6.45) is 2.02. The quantitative estimate of drug-likeness (QED) is 0.639. The molecule has 2 heterocycles. The van der Waals surface area contributed by atoms with Gasteiger partial charge in [0.2, 0.25) is 5.91 Å². The minimum Gasteiger partial charge on any atom is -0.368 e.